The maximum absolute atomic E-state index is 10.8. The number of carbonyl (C=O) groups is 1. The minimum Gasteiger partial charge on any atom is -0.481 e. The maximum atomic E-state index is 10.8. The van der Waals surface area contributed by atoms with Crippen molar-refractivity contribution in [3.8, 4) is 0 Å². The zero-order valence-corrected chi connectivity index (χ0v) is 16.1. The molecule has 0 bridgehead atoms. The molecule has 1 aromatic carbocycles. The Hall–Kier alpha value is -0.580. The first-order chi connectivity index (χ1) is 10.4. The van der Waals surface area contributed by atoms with Crippen molar-refractivity contribution >= 4 is 28.6 Å². The quantitative estimate of drug-likeness (QED) is 0.351. The van der Waals surface area contributed by atoms with Gasteiger partial charge in [0.05, 0.1) is 6.42 Å². The van der Waals surface area contributed by atoms with Crippen molar-refractivity contribution in [1.29, 1.82) is 0 Å². The molecular weight excluding hydrogens is 387 g/mol. The Morgan fingerprint density at radius 1 is 1.00 bits per heavy atom. The van der Waals surface area contributed by atoms with E-state index in [1.54, 1.807) is 0 Å². The number of benzene rings is 1. The van der Waals surface area contributed by atoms with E-state index in [0.717, 1.165) is 12.8 Å². The maximum Gasteiger partial charge on any atom is 0.303 e. The summed E-state index contributed by atoms with van der Waals surface area (Å²) in [6.45, 7) is 4.12. The van der Waals surface area contributed by atoms with Crippen molar-refractivity contribution in [2.75, 3.05) is 0 Å². The van der Waals surface area contributed by atoms with Crippen molar-refractivity contribution in [3.63, 3.8) is 0 Å². The van der Waals surface area contributed by atoms with Crippen LogP contribution in [0.5, 0.6) is 0 Å². The molecule has 0 aliphatic carbocycles. The number of halogens is 1. The number of rotatable bonds is 11. The fraction of sp³-hybridized carbons (Fsp3) is 0.632. The molecule has 0 unspecified atom stereocenters. The number of hydrogen-bond acceptors (Lipinski definition) is 1. The Kier molecular flexibility index (Phi) is 9.06. The molecule has 0 aliphatic rings. The van der Waals surface area contributed by atoms with Crippen LogP contribution in [0.3, 0.4) is 0 Å². The first-order valence-electron chi connectivity index (χ1n) is 8.35. The van der Waals surface area contributed by atoms with Crippen LogP contribution in [-0.4, -0.2) is 11.1 Å². The Morgan fingerprint density at radius 3 is 2.14 bits per heavy atom. The van der Waals surface area contributed by atoms with Crippen LogP contribution in [0, 0.1) is 8.99 Å². The summed E-state index contributed by atoms with van der Waals surface area (Å²) in [5, 5.41) is 8.86. The molecule has 2 nitrogen and oxygen atoms in total. The number of aliphatic carboxylic acids is 1. The standard InChI is InChI=1S/C19H29IO2/c1-19(2,15-18(21)22)14-8-6-4-3-5-7-9-16-10-12-17(20)13-11-16/h10-13H,3-9,14-15H2,1-2H3,(H,21,22). The summed E-state index contributed by atoms with van der Waals surface area (Å²) in [5.41, 5.74) is 1.38. The molecule has 1 aromatic rings. The van der Waals surface area contributed by atoms with Gasteiger partial charge in [0.2, 0.25) is 0 Å². The van der Waals surface area contributed by atoms with E-state index >= 15 is 0 Å². The van der Waals surface area contributed by atoms with E-state index in [9.17, 15) is 4.79 Å². The van der Waals surface area contributed by atoms with Crippen LogP contribution in [0.4, 0.5) is 0 Å². The van der Waals surface area contributed by atoms with Gasteiger partial charge in [-0.05, 0) is 65.0 Å². The van der Waals surface area contributed by atoms with E-state index in [1.165, 1.54) is 47.7 Å². The number of unbranched alkanes of at least 4 members (excludes halogenated alkanes) is 5. The van der Waals surface area contributed by atoms with Crippen LogP contribution < -0.4 is 0 Å². The van der Waals surface area contributed by atoms with Crippen LogP contribution in [0.1, 0.15) is 70.8 Å². The number of hydrogen-bond donors (Lipinski definition) is 1. The molecule has 0 radical (unpaired) electrons. The van der Waals surface area contributed by atoms with E-state index in [4.69, 9.17) is 5.11 Å². The van der Waals surface area contributed by atoms with E-state index in [1.807, 2.05) is 0 Å². The van der Waals surface area contributed by atoms with E-state index in [2.05, 4.69) is 60.7 Å². The van der Waals surface area contributed by atoms with Gasteiger partial charge in [-0.1, -0.05) is 58.1 Å². The fourth-order valence-electron chi connectivity index (χ4n) is 2.79. The number of carboxylic acids is 1. The molecule has 1 rings (SSSR count). The molecule has 0 heterocycles. The third-order valence-corrected chi connectivity index (χ3v) is 4.83. The lowest BCUT2D eigenvalue weighted by atomic mass is 9.83. The third kappa shape index (κ3) is 9.44. The second-order valence-electron chi connectivity index (χ2n) is 6.98. The van der Waals surface area contributed by atoms with Gasteiger partial charge in [0.15, 0.2) is 0 Å². The summed E-state index contributed by atoms with van der Waals surface area (Å²) in [7, 11) is 0. The van der Waals surface area contributed by atoms with Crippen LogP contribution >= 0.6 is 22.6 Å². The van der Waals surface area contributed by atoms with E-state index in [-0.39, 0.29) is 11.8 Å². The zero-order chi connectivity index (χ0) is 16.4. The lowest BCUT2D eigenvalue weighted by Crippen LogP contribution is -2.16. The Balaban J connectivity index is 1.99. The summed E-state index contributed by atoms with van der Waals surface area (Å²) in [4.78, 5) is 10.8. The van der Waals surface area contributed by atoms with Gasteiger partial charge >= 0.3 is 5.97 Å². The molecule has 3 heteroatoms. The van der Waals surface area contributed by atoms with Crippen LogP contribution in [0.25, 0.3) is 0 Å². The van der Waals surface area contributed by atoms with Gasteiger partial charge in [0.1, 0.15) is 0 Å². The van der Waals surface area contributed by atoms with Crippen LogP contribution in [0.2, 0.25) is 0 Å². The molecular formula is C19H29IO2. The van der Waals surface area contributed by atoms with Crippen molar-refractivity contribution in [1.82, 2.24) is 0 Å². The van der Waals surface area contributed by atoms with Gasteiger partial charge in [-0.25, -0.2) is 0 Å². The summed E-state index contributed by atoms with van der Waals surface area (Å²) < 4.78 is 1.30. The summed E-state index contributed by atoms with van der Waals surface area (Å²) in [6, 6.07) is 8.81. The summed E-state index contributed by atoms with van der Waals surface area (Å²) in [6.07, 6.45) is 9.99. The second-order valence-corrected chi connectivity index (χ2v) is 8.23. The van der Waals surface area contributed by atoms with Crippen molar-refractivity contribution < 1.29 is 9.90 Å². The smallest absolute Gasteiger partial charge is 0.303 e. The number of aryl methyl sites for hydroxylation is 1. The van der Waals surface area contributed by atoms with Crippen LogP contribution in [0.15, 0.2) is 24.3 Å². The molecule has 1 N–H and O–H groups in total. The molecule has 0 atom stereocenters. The second kappa shape index (κ2) is 10.2. The summed E-state index contributed by atoms with van der Waals surface area (Å²) >= 11 is 2.34. The largest absolute Gasteiger partial charge is 0.481 e. The van der Waals surface area contributed by atoms with Gasteiger partial charge in [0, 0.05) is 3.57 Å². The Labute approximate surface area is 148 Å². The molecule has 0 saturated carbocycles. The highest BCUT2D eigenvalue weighted by Gasteiger charge is 2.20. The normalized spacial score (nSPS) is 11.6. The monoisotopic (exact) mass is 416 g/mol. The highest BCUT2D eigenvalue weighted by atomic mass is 127. The molecule has 0 aliphatic heterocycles. The minimum absolute atomic E-state index is 0.0589. The molecule has 0 spiro atoms. The number of carboxylic acid groups (broad SMARTS) is 1. The average Bonchev–Trinajstić information content (AvgIpc) is 2.42. The molecule has 22 heavy (non-hydrogen) atoms. The molecule has 0 aromatic heterocycles. The highest BCUT2D eigenvalue weighted by molar-refractivity contribution is 14.1. The molecule has 124 valence electrons. The highest BCUT2D eigenvalue weighted by Crippen LogP contribution is 2.28. The van der Waals surface area contributed by atoms with Crippen molar-refractivity contribution in [2.45, 2.75) is 71.6 Å². The fourth-order valence-corrected chi connectivity index (χ4v) is 3.15. The predicted molar refractivity (Wildman–Crippen MR) is 101 cm³/mol. The third-order valence-electron chi connectivity index (χ3n) is 4.11. The van der Waals surface area contributed by atoms with Crippen molar-refractivity contribution in [3.05, 3.63) is 33.4 Å². The Morgan fingerprint density at radius 2 is 1.55 bits per heavy atom. The van der Waals surface area contributed by atoms with Crippen molar-refractivity contribution in [2.24, 2.45) is 5.41 Å². The molecule has 0 amide bonds. The molecule has 0 fully saturated rings. The Bertz CT molecular complexity index is 437. The van der Waals surface area contributed by atoms with Gasteiger partial charge < -0.3 is 5.11 Å². The van der Waals surface area contributed by atoms with E-state index < -0.39 is 5.97 Å². The average molecular weight is 416 g/mol. The molecule has 0 saturated heterocycles. The van der Waals surface area contributed by atoms with E-state index in [0.29, 0.717) is 0 Å². The van der Waals surface area contributed by atoms with Crippen LogP contribution in [-0.2, 0) is 11.2 Å². The lowest BCUT2D eigenvalue weighted by molar-refractivity contribution is -0.139. The van der Waals surface area contributed by atoms with Gasteiger partial charge in [0.25, 0.3) is 0 Å². The minimum atomic E-state index is -0.680. The van der Waals surface area contributed by atoms with Gasteiger partial charge in [-0.2, -0.15) is 0 Å². The zero-order valence-electron chi connectivity index (χ0n) is 13.9. The summed E-state index contributed by atoms with van der Waals surface area (Å²) in [5.74, 6) is -0.680. The topological polar surface area (TPSA) is 37.3 Å². The first kappa shape index (κ1) is 19.5. The predicted octanol–water partition coefficient (Wildman–Crippen LogP) is 6.07. The first-order valence-corrected chi connectivity index (χ1v) is 9.43. The SMILES string of the molecule is CC(C)(CCCCCCCCc1ccc(I)cc1)CC(=O)O. The lowest BCUT2D eigenvalue weighted by Gasteiger charge is -2.21. The van der Waals surface area contributed by atoms with Gasteiger partial charge in [-0.15, -0.1) is 0 Å². The van der Waals surface area contributed by atoms with Gasteiger partial charge in [-0.3, -0.25) is 4.79 Å².